The maximum atomic E-state index is 13.5. The summed E-state index contributed by atoms with van der Waals surface area (Å²) in [4.78, 5) is 27.5. The fourth-order valence-electron chi connectivity index (χ4n) is 4.47. The van der Waals surface area contributed by atoms with Crippen molar-refractivity contribution in [1.29, 1.82) is 0 Å². The van der Waals surface area contributed by atoms with Crippen molar-refractivity contribution < 1.29 is 14.7 Å². The molecule has 1 heterocycles. The molecule has 2 amide bonds. The highest BCUT2D eigenvalue weighted by Crippen LogP contribution is 2.18. The number of fused-ring (bicyclic) bond motifs is 2. The summed E-state index contributed by atoms with van der Waals surface area (Å²) in [6, 6.07) is 15.2. The van der Waals surface area contributed by atoms with Crippen LogP contribution in [0.2, 0.25) is 0 Å². The van der Waals surface area contributed by atoms with Gasteiger partial charge in [-0.1, -0.05) is 70.4 Å². The van der Waals surface area contributed by atoms with E-state index in [4.69, 9.17) is 0 Å². The van der Waals surface area contributed by atoms with E-state index in [1.54, 1.807) is 29.2 Å². The van der Waals surface area contributed by atoms with Gasteiger partial charge in [-0.05, 0) is 54.0 Å². The van der Waals surface area contributed by atoms with Crippen molar-refractivity contribution >= 4 is 11.8 Å². The number of nitrogens with zero attached hydrogens (tertiary/aromatic N) is 1. The number of aliphatic hydroxyl groups is 1. The smallest absolute Gasteiger partial charge is 0.255 e. The first-order valence-corrected chi connectivity index (χ1v) is 13.0. The minimum atomic E-state index is -0.962. The third-order valence-electron chi connectivity index (χ3n) is 6.79. The summed E-state index contributed by atoms with van der Waals surface area (Å²) in [6.45, 7) is 8.55. The second-order valence-corrected chi connectivity index (χ2v) is 10.1. The van der Waals surface area contributed by atoms with Crippen LogP contribution in [0.4, 0.5) is 0 Å². The summed E-state index contributed by atoms with van der Waals surface area (Å²) >= 11 is 0. The molecule has 0 spiro atoms. The molecule has 0 saturated heterocycles. The van der Waals surface area contributed by atoms with Gasteiger partial charge in [0.25, 0.3) is 11.8 Å². The number of aliphatic hydroxyl groups excluding tert-OH is 1. The van der Waals surface area contributed by atoms with Crippen molar-refractivity contribution in [2.45, 2.75) is 71.6 Å². The van der Waals surface area contributed by atoms with E-state index in [9.17, 15) is 14.7 Å². The normalized spacial score (nSPS) is 19.1. The van der Waals surface area contributed by atoms with Gasteiger partial charge >= 0.3 is 0 Å². The van der Waals surface area contributed by atoms with Gasteiger partial charge in [-0.15, -0.1) is 0 Å². The quantitative estimate of drug-likeness (QED) is 0.561. The van der Waals surface area contributed by atoms with Crippen LogP contribution in [0.15, 0.2) is 48.5 Å². The SMILES string of the molecule is CC1CCCCCNC(=O)c2cccc(c2)C(=O)N([C@H](O)CNCc2cccc(C(C)C)c2)CC1. The molecule has 6 nitrogen and oxygen atoms in total. The van der Waals surface area contributed by atoms with Crippen LogP contribution < -0.4 is 10.6 Å². The molecule has 0 aromatic heterocycles. The lowest BCUT2D eigenvalue weighted by Gasteiger charge is -2.30. The zero-order valence-electron chi connectivity index (χ0n) is 21.4. The molecule has 0 radical (unpaired) electrons. The summed E-state index contributed by atoms with van der Waals surface area (Å²) in [5.41, 5.74) is 3.32. The summed E-state index contributed by atoms with van der Waals surface area (Å²) in [7, 11) is 0. The standard InChI is InChI=1S/C29H41N3O3/c1-21(2)24-11-7-10-23(17-24)19-30-20-27(33)32-16-14-22(3)9-5-4-6-15-31-28(34)25-12-8-13-26(18-25)29(32)35/h7-8,10-13,17-18,21-22,27,30,33H,4-6,9,14-16,19-20H2,1-3H3,(H,31,34)/t22?,27-/m1/s1. The van der Waals surface area contributed by atoms with Crippen LogP contribution >= 0.6 is 0 Å². The van der Waals surface area contributed by atoms with E-state index in [1.807, 2.05) is 0 Å². The molecule has 3 N–H and O–H groups in total. The Kier molecular flexibility index (Phi) is 10.3. The Labute approximate surface area is 210 Å². The number of hydrogen-bond donors (Lipinski definition) is 3. The zero-order valence-corrected chi connectivity index (χ0v) is 21.4. The van der Waals surface area contributed by atoms with Crippen molar-refractivity contribution in [3.05, 3.63) is 70.8 Å². The van der Waals surface area contributed by atoms with Crippen LogP contribution in [-0.2, 0) is 6.54 Å². The number of benzene rings is 2. The molecule has 2 bridgehead atoms. The number of amides is 2. The summed E-state index contributed by atoms with van der Waals surface area (Å²) in [5, 5.41) is 17.3. The molecule has 2 aromatic carbocycles. The molecule has 2 atom stereocenters. The zero-order chi connectivity index (χ0) is 25.2. The molecule has 1 aliphatic heterocycles. The number of rotatable bonds is 6. The maximum absolute atomic E-state index is 13.5. The van der Waals surface area contributed by atoms with E-state index in [2.05, 4.69) is 55.7 Å². The molecule has 0 fully saturated rings. The second-order valence-electron chi connectivity index (χ2n) is 10.1. The van der Waals surface area contributed by atoms with Crippen molar-refractivity contribution in [2.24, 2.45) is 5.92 Å². The maximum Gasteiger partial charge on any atom is 0.255 e. The number of carbonyl (C=O) groups is 2. The molecular weight excluding hydrogens is 438 g/mol. The Balaban J connectivity index is 1.72. The molecule has 190 valence electrons. The van der Waals surface area contributed by atoms with Gasteiger partial charge in [0.15, 0.2) is 0 Å². The van der Waals surface area contributed by atoms with Crippen LogP contribution in [0.25, 0.3) is 0 Å². The van der Waals surface area contributed by atoms with E-state index < -0.39 is 6.23 Å². The van der Waals surface area contributed by atoms with Gasteiger partial charge < -0.3 is 20.6 Å². The van der Waals surface area contributed by atoms with Gasteiger partial charge in [0.05, 0.1) is 0 Å². The number of hydrogen-bond acceptors (Lipinski definition) is 4. The summed E-state index contributed by atoms with van der Waals surface area (Å²) < 4.78 is 0. The highest BCUT2D eigenvalue weighted by molar-refractivity contribution is 5.99. The first-order chi connectivity index (χ1) is 16.8. The van der Waals surface area contributed by atoms with Gasteiger partial charge in [-0.3, -0.25) is 9.59 Å². The van der Waals surface area contributed by atoms with E-state index >= 15 is 0 Å². The van der Waals surface area contributed by atoms with Crippen LogP contribution in [0.1, 0.15) is 90.6 Å². The Bertz CT molecular complexity index is 975. The Morgan fingerprint density at radius 1 is 1.03 bits per heavy atom. The van der Waals surface area contributed by atoms with Gasteiger partial charge in [-0.25, -0.2) is 0 Å². The first-order valence-electron chi connectivity index (χ1n) is 13.0. The molecule has 0 aliphatic carbocycles. The van der Waals surface area contributed by atoms with Crippen LogP contribution in [-0.4, -0.2) is 47.7 Å². The molecule has 6 heteroatoms. The average Bonchev–Trinajstić information content (AvgIpc) is 2.85. The number of carbonyl (C=O) groups excluding carboxylic acids is 2. The third kappa shape index (κ3) is 8.18. The Morgan fingerprint density at radius 3 is 2.60 bits per heavy atom. The van der Waals surface area contributed by atoms with Gasteiger partial charge in [0.2, 0.25) is 0 Å². The van der Waals surface area contributed by atoms with Crippen molar-refractivity contribution in [3.63, 3.8) is 0 Å². The molecule has 1 aliphatic rings. The Hall–Kier alpha value is -2.70. The third-order valence-corrected chi connectivity index (χ3v) is 6.79. The topological polar surface area (TPSA) is 81.7 Å². The largest absolute Gasteiger partial charge is 0.372 e. The van der Waals surface area contributed by atoms with Gasteiger partial charge in [-0.2, -0.15) is 0 Å². The lowest BCUT2D eigenvalue weighted by Crippen LogP contribution is -2.46. The highest BCUT2D eigenvalue weighted by Gasteiger charge is 2.24. The average molecular weight is 480 g/mol. The molecular formula is C29H41N3O3. The molecule has 0 saturated carbocycles. The van der Waals surface area contributed by atoms with Crippen LogP contribution in [0, 0.1) is 5.92 Å². The molecule has 2 aromatic rings. The van der Waals surface area contributed by atoms with Gasteiger partial charge in [0.1, 0.15) is 6.23 Å². The van der Waals surface area contributed by atoms with Crippen LogP contribution in [0.5, 0.6) is 0 Å². The summed E-state index contributed by atoms with van der Waals surface area (Å²) in [6.07, 6.45) is 4.06. The summed E-state index contributed by atoms with van der Waals surface area (Å²) in [5.74, 6) is 0.492. The van der Waals surface area contributed by atoms with E-state index in [-0.39, 0.29) is 18.4 Å². The van der Waals surface area contributed by atoms with Crippen molar-refractivity contribution in [2.75, 3.05) is 19.6 Å². The van der Waals surface area contributed by atoms with E-state index in [0.29, 0.717) is 42.6 Å². The Morgan fingerprint density at radius 2 is 1.80 bits per heavy atom. The lowest BCUT2D eigenvalue weighted by molar-refractivity contribution is 0.00607. The minimum absolute atomic E-state index is 0.166. The monoisotopic (exact) mass is 479 g/mol. The van der Waals surface area contributed by atoms with Crippen molar-refractivity contribution in [3.8, 4) is 0 Å². The molecule has 3 rings (SSSR count). The first kappa shape index (κ1) is 26.9. The van der Waals surface area contributed by atoms with Crippen LogP contribution in [0.3, 0.4) is 0 Å². The van der Waals surface area contributed by atoms with Crippen molar-refractivity contribution in [1.82, 2.24) is 15.5 Å². The van der Waals surface area contributed by atoms with Gasteiger partial charge in [0, 0.05) is 37.3 Å². The fourth-order valence-corrected chi connectivity index (χ4v) is 4.47. The predicted octanol–water partition coefficient (Wildman–Crippen LogP) is 4.69. The second kappa shape index (κ2) is 13.4. The minimum Gasteiger partial charge on any atom is -0.372 e. The predicted molar refractivity (Wildman–Crippen MR) is 140 cm³/mol. The lowest BCUT2D eigenvalue weighted by atomic mass is 9.99. The van der Waals surface area contributed by atoms with E-state index in [1.165, 1.54) is 5.56 Å². The highest BCUT2D eigenvalue weighted by atomic mass is 16.3. The fraction of sp³-hybridized carbons (Fsp3) is 0.517. The van der Waals surface area contributed by atoms with E-state index in [0.717, 1.165) is 37.7 Å². The number of nitrogens with one attached hydrogen (secondary N) is 2. The molecule has 35 heavy (non-hydrogen) atoms. The molecule has 1 unspecified atom stereocenters.